The number of carbonyl (C=O) groups excluding carboxylic acids is 1. The summed E-state index contributed by atoms with van der Waals surface area (Å²) in [5.74, 6) is -0.616. The van der Waals surface area contributed by atoms with Gasteiger partial charge in [0.15, 0.2) is 11.5 Å². The molecule has 0 saturated heterocycles. The summed E-state index contributed by atoms with van der Waals surface area (Å²) in [6.07, 6.45) is 0.997. The minimum atomic E-state index is -3.93. The quantitative estimate of drug-likeness (QED) is 0.392. The molecular weight excluding hydrogens is 539 g/mol. The lowest BCUT2D eigenvalue weighted by molar-refractivity contribution is 0.0940. The summed E-state index contributed by atoms with van der Waals surface area (Å²) in [6.45, 7) is 1.50. The Balaban J connectivity index is 2.10. The number of methoxy groups -OCH3 is 2. The van der Waals surface area contributed by atoms with E-state index < -0.39 is 21.7 Å². The Morgan fingerprint density at radius 3 is 2.23 bits per heavy atom. The van der Waals surface area contributed by atoms with Gasteiger partial charge in [-0.05, 0) is 36.8 Å². The van der Waals surface area contributed by atoms with Crippen LogP contribution in [0.2, 0.25) is 0 Å². The number of hydrogen-bond acceptors (Lipinski definition) is 5. The normalized spacial score (nSPS) is 12.1. The molecule has 3 aromatic carbocycles. The van der Waals surface area contributed by atoms with E-state index in [1.807, 2.05) is 31.2 Å². The molecule has 0 aromatic heterocycles. The molecule has 0 saturated carbocycles. The number of nitrogens with one attached hydrogen (secondary N) is 1. The van der Waals surface area contributed by atoms with Crippen LogP contribution in [0.25, 0.3) is 0 Å². The SMILES string of the molecule is COc1cc(C(=O)N[C@@H](C)c2ccc(Br)cc2)c(N(Cc2ccccc2F)S(C)(=O)=O)cc1OC. The van der Waals surface area contributed by atoms with E-state index in [4.69, 9.17) is 9.47 Å². The van der Waals surface area contributed by atoms with Crippen LogP contribution in [0.4, 0.5) is 10.1 Å². The zero-order chi connectivity index (χ0) is 25.8. The first-order valence-electron chi connectivity index (χ1n) is 10.6. The van der Waals surface area contributed by atoms with Crippen molar-refractivity contribution < 1.29 is 27.1 Å². The lowest BCUT2D eigenvalue weighted by Crippen LogP contribution is -2.33. The number of carbonyl (C=O) groups is 1. The number of ether oxygens (including phenoxy) is 2. The number of halogens is 2. The van der Waals surface area contributed by atoms with Gasteiger partial charge in [0.2, 0.25) is 10.0 Å². The summed E-state index contributed by atoms with van der Waals surface area (Å²) >= 11 is 3.39. The first-order valence-corrected chi connectivity index (χ1v) is 13.2. The van der Waals surface area contributed by atoms with Crippen molar-refractivity contribution in [2.24, 2.45) is 0 Å². The second-order valence-corrected chi connectivity index (χ2v) is 10.7. The fourth-order valence-corrected chi connectivity index (χ4v) is 4.67. The summed E-state index contributed by atoms with van der Waals surface area (Å²) in [5.41, 5.74) is 1.08. The maximum absolute atomic E-state index is 14.4. The van der Waals surface area contributed by atoms with Crippen LogP contribution in [-0.4, -0.2) is 34.8 Å². The summed E-state index contributed by atoms with van der Waals surface area (Å²) in [7, 11) is -1.12. The minimum absolute atomic E-state index is 0.0355. The largest absolute Gasteiger partial charge is 0.493 e. The van der Waals surface area contributed by atoms with Gasteiger partial charge in [0, 0.05) is 16.1 Å². The zero-order valence-corrected chi connectivity index (χ0v) is 22.1. The molecule has 7 nitrogen and oxygen atoms in total. The van der Waals surface area contributed by atoms with Gasteiger partial charge in [-0.3, -0.25) is 9.10 Å². The Bertz CT molecular complexity index is 1320. The molecule has 0 aliphatic carbocycles. The molecule has 1 N–H and O–H groups in total. The van der Waals surface area contributed by atoms with Crippen LogP contribution in [0.3, 0.4) is 0 Å². The maximum Gasteiger partial charge on any atom is 0.254 e. The standard InChI is InChI=1S/C25H26BrFN2O5S/c1-16(17-9-11-19(26)12-10-17)28-25(30)20-13-23(33-2)24(34-3)14-22(20)29(35(4,31)32)15-18-7-5-6-8-21(18)27/h5-14,16H,15H2,1-4H3,(H,28,30)/t16-/m0/s1. The second-order valence-electron chi connectivity index (χ2n) is 7.83. The van der Waals surface area contributed by atoms with Crippen LogP contribution < -0.4 is 19.1 Å². The van der Waals surface area contributed by atoms with Crippen LogP contribution in [0.5, 0.6) is 11.5 Å². The van der Waals surface area contributed by atoms with Crippen molar-refractivity contribution in [3.63, 3.8) is 0 Å². The topological polar surface area (TPSA) is 84.9 Å². The monoisotopic (exact) mass is 564 g/mol. The van der Waals surface area contributed by atoms with Crippen molar-refractivity contribution in [2.75, 3.05) is 24.8 Å². The van der Waals surface area contributed by atoms with E-state index in [0.717, 1.165) is 20.6 Å². The van der Waals surface area contributed by atoms with E-state index in [9.17, 15) is 17.6 Å². The Morgan fingerprint density at radius 1 is 1.06 bits per heavy atom. The van der Waals surface area contributed by atoms with Crippen molar-refractivity contribution in [1.29, 1.82) is 0 Å². The summed E-state index contributed by atoms with van der Waals surface area (Å²) in [4.78, 5) is 13.4. The molecule has 0 spiro atoms. The first-order chi connectivity index (χ1) is 16.5. The molecule has 1 amide bonds. The molecule has 10 heteroatoms. The molecule has 35 heavy (non-hydrogen) atoms. The average molecular weight is 565 g/mol. The van der Waals surface area contributed by atoms with Gasteiger partial charge in [-0.2, -0.15) is 0 Å². The van der Waals surface area contributed by atoms with Gasteiger partial charge in [-0.1, -0.05) is 46.3 Å². The number of nitrogens with zero attached hydrogens (tertiary/aromatic N) is 1. The third-order valence-electron chi connectivity index (χ3n) is 5.40. The Labute approximate surface area is 213 Å². The lowest BCUT2D eigenvalue weighted by atomic mass is 10.1. The number of hydrogen-bond donors (Lipinski definition) is 1. The summed E-state index contributed by atoms with van der Waals surface area (Å²) < 4.78 is 52.7. The predicted octanol–water partition coefficient (Wildman–Crippen LogP) is 5.06. The number of rotatable bonds is 9. The van der Waals surface area contributed by atoms with Crippen LogP contribution in [-0.2, 0) is 16.6 Å². The van der Waals surface area contributed by atoms with Crippen molar-refractivity contribution in [3.8, 4) is 11.5 Å². The Morgan fingerprint density at radius 2 is 1.66 bits per heavy atom. The van der Waals surface area contributed by atoms with Gasteiger partial charge >= 0.3 is 0 Å². The molecule has 0 heterocycles. The number of sulfonamides is 1. The van der Waals surface area contributed by atoms with Gasteiger partial charge in [-0.25, -0.2) is 12.8 Å². The number of anilines is 1. The number of benzene rings is 3. The third kappa shape index (κ3) is 6.32. The fourth-order valence-electron chi connectivity index (χ4n) is 3.53. The average Bonchev–Trinajstić information content (AvgIpc) is 2.82. The highest BCUT2D eigenvalue weighted by molar-refractivity contribution is 9.10. The molecule has 0 unspecified atom stereocenters. The molecule has 0 fully saturated rings. The van der Waals surface area contributed by atoms with Crippen molar-refractivity contribution in [3.05, 3.63) is 87.6 Å². The molecule has 0 aliphatic rings. The van der Waals surface area contributed by atoms with Gasteiger partial charge in [0.25, 0.3) is 5.91 Å². The van der Waals surface area contributed by atoms with Gasteiger partial charge in [0.05, 0.1) is 44.3 Å². The highest BCUT2D eigenvalue weighted by atomic mass is 79.9. The van der Waals surface area contributed by atoms with Gasteiger partial charge in [0.1, 0.15) is 5.82 Å². The van der Waals surface area contributed by atoms with Crippen molar-refractivity contribution >= 4 is 37.5 Å². The van der Waals surface area contributed by atoms with E-state index >= 15 is 0 Å². The smallest absolute Gasteiger partial charge is 0.254 e. The van der Waals surface area contributed by atoms with Crippen LogP contribution >= 0.6 is 15.9 Å². The molecule has 1 atom stereocenters. The van der Waals surface area contributed by atoms with Crippen LogP contribution in [0.15, 0.2) is 65.1 Å². The first kappa shape index (κ1) is 26.5. The van der Waals surface area contributed by atoms with Crippen LogP contribution in [0, 0.1) is 5.82 Å². The van der Waals surface area contributed by atoms with E-state index in [2.05, 4.69) is 21.2 Å². The minimum Gasteiger partial charge on any atom is -0.493 e. The summed E-state index contributed by atoms with van der Waals surface area (Å²) in [5, 5.41) is 2.90. The Hall–Kier alpha value is -3.11. The van der Waals surface area contributed by atoms with Gasteiger partial charge < -0.3 is 14.8 Å². The van der Waals surface area contributed by atoms with Crippen LogP contribution in [0.1, 0.15) is 34.5 Å². The molecule has 0 aliphatic heterocycles. The van der Waals surface area contributed by atoms with E-state index in [-0.39, 0.29) is 40.9 Å². The Kier molecular flexibility index (Phi) is 8.39. The van der Waals surface area contributed by atoms with E-state index in [0.29, 0.717) is 0 Å². The molecule has 186 valence electrons. The van der Waals surface area contributed by atoms with Crippen molar-refractivity contribution in [2.45, 2.75) is 19.5 Å². The fraction of sp³-hybridized carbons (Fsp3) is 0.240. The van der Waals surface area contributed by atoms with Gasteiger partial charge in [-0.15, -0.1) is 0 Å². The predicted molar refractivity (Wildman–Crippen MR) is 137 cm³/mol. The zero-order valence-electron chi connectivity index (χ0n) is 19.7. The molecule has 3 aromatic rings. The van der Waals surface area contributed by atoms with E-state index in [1.54, 1.807) is 6.07 Å². The highest BCUT2D eigenvalue weighted by Crippen LogP contribution is 2.37. The van der Waals surface area contributed by atoms with Crippen molar-refractivity contribution in [1.82, 2.24) is 5.32 Å². The second kappa shape index (κ2) is 11.1. The molecular formula is C25H26BrFN2O5S. The molecule has 3 rings (SSSR count). The molecule has 0 bridgehead atoms. The highest BCUT2D eigenvalue weighted by Gasteiger charge is 2.28. The lowest BCUT2D eigenvalue weighted by Gasteiger charge is -2.26. The number of amides is 1. The third-order valence-corrected chi connectivity index (χ3v) is 7.06. The maximum atomic E-state index is 14.4. The summed E-state index contributed by atoms with van der Waals surface area (Å²) in [6, 6.07) is 15.8. The van der Waals surface area contributed by atoms with E-state index in [1.165, 1.54) is 44.6 Å². The molecule has 0 radical (unpaired) electrons.